The van der Waals surface area contributed by atoms with Crippen LogP contribution >= 0.6 is 11.6 Å². The molecule has 0 saturated heterocycles. The molecule has 4 nitrogen and oxygen atoms in total. The lowest BCUT2D eigenvalue weighted by molar-refractivity contribution is 0.593. The van der Waals surface area contributed by atoms with E-state index in [4.69, 9.17) is 11.6 Å². The molecule has 0 spiro atoms. The molecule has 2 aromatic carbocycles. The van der Waals surface area contributed by atoms with Gasteiger partial charge in [-0.2, -0.15) is 5.10 Å². The van der Waals surface area contributed by atoms with Crippen LogP contribution in [-0.4, -0.2) is 14.6 Å². The maximum absolute atomic E-state index is 10.3. The maximum atomic E-state index is 10.3. The maximum Gasteiger partial charge on any atom is 0.269 e. The van der Waals surface area contributed by atoms with E-state index in [1.165, 1.54) is 29.0 Å². The molecule has 0 radical (unpaired) electrons. The Morgan fingerprint density at radius 2 is 1.78 bits per heavy atom. The van der Waals surface area contributed by atoms with Crippen LogP contribution in [0.5, 0.6) is 0 Å². The number of nitrogens with zero attached hydrogens (tertiary/aromatic N) is 1. The molecular weight excluding hydrogens is 332 g/mol. The standard InChI is InChI=1S/C14H13Cl.C3H4N2O2S/c1-10-8-11(2)14(13(15)9-10)12-6-4-3-5-7-12;6-8(7)3-1-2-4-5-8/h3-9H,1-2H3;1-3,5H. The topological polar surface area (TPSA) is 58.5 Å². The molecule has 1 heterocycles. The van der Waals surface area contributed by atoms with Gasteiger partial charge >= 0.3 is 0 Å². The number of hydrogen-bond donors (Lipinski definition) is 1. The summed E-state index contributed by atoms with van der Waals surface area (Å²) in [5.74, 6) is 0. The number of hydrogen-bond acceptors (Lipinski definition) is 3. The van der Waals surface area contributed by atoms with Crippen molar-refractivity contribution in [2.75, 3.05) is 0 Å². The molecule has 1 aliphatic rings. The number of sulfonamides is 1. The Morgan fingerprint density at radius 3 is 2.26 bits per heavy atom. The zero-order valence-corrected chi connectivity index (χ0v) is 14.4. The third-order valence-corrected chi connectivity index (χ3v) is 4.27. The van der Waals surface area contributed by atoms with Crippen molar-refractivity contribution < 1.29 is 8.42 Å². The molecular formula is C17H17ClN2O2S. The molecule has 0 saturated carbocycles. The van der Waals surface area contributed by atoms with Crippen LogP contribution in [0.4, 0.5) is 0 Å². The van der Waals surface area contributed by atoms with Gasteiger partial charge in [0.15, 0.2) is 0 Å². The van der Waals surface area contributed by atoms with E-state index in [1.807, 2.05) is 29.1 Å². The summed E-state index contributed by atoms with van der Waals surface area (Å²) in [6, 6.07) is 14.4. The van der Waals surface area contributed by atoms with Crippen LogP contribution in [-0.2, 0) is 10.0 Å². The van der Waals surface area contributed by atoms with Gasteiger partial charge in [-0.05, 0) is 42.7 Å². The van der Waals surface area contributed by atoms with Gasteiger partial charge in [0.2, 0.25) is 0 Å². The van der Waals surface area contributed by atoms with Gasteiger partial charge in [0.1, 0.15) is 0 Å². The Morgan fingerprint density at radius 1 is 1.09 bits per heavy atom. The number of halogens is 1. The van der Waals surface area contributed by atoms with Crippen LogP contribution < -0.4 is 4.83 Å². The predicted octanol–water partition coefficient (Wildman–Crippen LogP) is 4.04. The summed E-state index contributed by atoms with van der Waals surface area (Å²) >= 11 is 6.27. The molecule has 0 bridgehead atoms. The molecule has 0 atom stereocenters. The molecule has 120 valence electrons. The molecule has 0 amide bonds. The minimum absolute atomic E-state index is 0.832. The Balaban J connectivity index is 0.000000203. The molecule has 1 aliphatic heterocycles. The monoisotopic (exact) mass is 348 g/mol. The van der Waals surface area contributed by atoms with Gasteiger partial charge in [0.25, 0.3) is 10.0 Å². The van der Waals surface area contributed by atoms with Crippen LogP contribution in [0.1, 0.15) is 11.1 Å². The van der Waals surface area contributed by atoms with E-state index in [9.17, 15) is 8.42 Å². The SMILES string of the molecule is Cc1cc(C)c(-c2ccccc2)c(Cl)c1.O=S1(=O)C=CC=NN1. The first kappa shape index (κ1) is 17.2. The molecule has 3 rings (SSSR count). The summed E-state index contributed by atoms with van der Waals surface area (Å²) in [5, 5.41) is 5.15. The fourth-order valence-corrected chi connectivity index (χ4v) is 3.18. The van der Waals surface area contributed by atoms with Crippen LogP contribution in [0.2, 0.25) is 5.02 Å². The molecule has 2 aromatic rings. The van der Waals surface area contributed by atoms with Gasteiger partial charge in [-0.15, -0.1) is 0 Å². The van der Waals surface area contributed by atoms with E-state index >= 15 is 0 Å². The van der Waals surface area contributed by atoms with Crippen LogP contribution in [0, 0.1) is 13.8 Å². The number of aryl methyl sites for hydroxylation is 2. The van der Waals surface area contributed by atoms with Crippen molar-refractivity contribution in [2.24, 2.45) is 5.10 Å². The van der Waals surface area contributed by atoms with Crippen molar-refractivity contribution in [3.63, 3.8) is 0 Å². The van der Waals surface area contributed by atoms with Crippen molar-refractivity contribution in [2.45, 2.75) is 13.8 Å². The normalized spacial score (nSPS) is 14.6. The summed E-state index contributed by atoms with van der Waals surface area (Å²) in [6.07, 6.45) is 2.72. The quantitative estimate of drug-likeness (QED) is 0.845. The van der Waals surface area contributed by atoms with E-state index < -0.39 is 10.0 Å². The van der Waals surface area contributed by atoms with E-state index in [0.29, 0.717) is 0 Å². The smallest absolute Gasteiger partial charge is 0.201 e. The minimum atomic E-state index is -3.21. The first-order chi connectivity index (χ1) is 10.9. The van der Waals surface area contributed by atoms with Crippen LogP contribution in [0.15, 0.2) is 59.1 Å². The lowest BCUT2D eigenvalue weighted by atomic mass is 9.99. The lowest BCUT2D eigenvalue weighted by Gasteiger charge is -2.09. The Hall–Kier alpha value is -2.11. The molecule has 0 unspecified atom stereocenters. The molecule has 0 fully saturated rings. The van der Waals surface area contributed by atoms with Gasteiger partial charge in [0.05, 0.1) is 5.41 Å². The Kier molecular flexibility index (Phi) is 5.58. The molecule has 0 aliphatic carbocycles. The number of allylic oxidation sites excluding steroid dienone is 1. The minimum Gasteiger partial charge on any atom is -0.201 e. The molecule has 0 aromatic heterocycles. The summed E-state index contributed by atoms with van der Waals surface area (Å²) in [5.41, 5.74) is 4.76. The first-order valence-electron chi connectivity index (χ1n) is 6.93. The predicted molar refractivity (Wildman–Crippen MR) is 96.0 cm³/mol. The van der Waals surface area contributed by atoms with Gasteiger partial charge in [-0.25, -0.2) is 13.2 Å². The fraction of sp³-hybridized carbons (Fsp3) is 0.118. The Bertz CT molecular complexity index is 821. The summed E-state index contributed by atoms with van der Waals surface area (Å²) in [7, 11) is -3.21. The average Bonchev–Trinajstić information content (AvgIpc) is 2.47. The van der Waals surface area contributed by atoms with Gasteiger partial charge < -0.3 is 0 Å². The van der Waals surface area contributed by atoms with E-state index in [2.05, 4.69) is 37.1 Å². The van der Waals surface area contributed by atoms with Gasteiger partial charge in [-0.1, -0.05) is 48.0 Å². The van der Waals surface area contributed by atoms with Crippen LogP contribution in [0.3, 0.4) is 0 Å². The van der Waals surface area contributed by atoms with Gasteiger partial charge in [-0.3, -0.25) is 0 Å². The number of benzene rings is 2. The van der Waals surface area contributed by atoms with Crippen molar-refractivity contribution in [1.82, 2.24) is 4.83 Å². The average molecular weight is 349 g/mol. The zero-order valence-electron chi connectivity index (χ0n) is 12.8. The second kappa shape index (κ2) is 7.44. The highest BCUT2D eigenvalue weighted by Crippen LogP contribution is 2.31. The summed E-state index contributed by atoms with van der Waals surface area (Å²) in [4.78, 5) is 1.91. The number of hydrazone groups is 1. The molecule has 6 heteroatoms. The molecule has 1 N–H and O–H groups in total. The largest absolute Gasteiger partial charge is 0.269 e. The van der Waals surface area contributed by atoms with Crippen LogP contribution in [0.25, 0.3) is 11.1 Å². The van der Waals surface area contributed by atoms with Crippen molar-refractivity contribution in [3.8, 4) is 11.1 Å². The highest BCUT2D eigenvalue weighted by Gasteiger charge is 2.06. The zero-order chi connectivity index (χ0) is 16.9. The van der Waals surface area contributed by atoms with Crippen molar-refractivity contribution in [3.05, 3.63) is 70.1 Å². The van der Waals surface area contributed by atoms with Crippen molar-refractivity contribution >= 4 is 27.8 Å². The second-order valence-electron chi connectivity index (χ2n) is 5.05. The summed E-state index contributed by atoms with van der Waals surface area (Å²) < 4.78 is 20.7. The molecule has 23 heavy (non-hydrogen) atoms. The number of rotatable bonds is 1. The van der Waals surface area contributed by atoms with E-state index in [1.54, 1.807) is 0 Å². The van der Waals surface area contributed by atoms with Gasteiger partial charge in [0, 0.05) is 16.8 Å². The first-order valence-corrected chi connectivity index (χ1v) is 8.85. The van der Waals surface area contributed by atoms with E-state index in [0.717, 1.165) is 16.0 Å². The van der Waals surface area contributed by atoms with Crippen molar-refractivity contribution in [1.29, 1.82) is 0 Å². The third-order valence-electron chi connectivity index (χ3n) is 3.09. The third kappa shape index (κ3) is 4.94. The highest BCUT2D eigenvalue weighted by atomic mass is 35.5. The Labute approximate surface area is 141 Å². The highest BCUT2D eigenvalue weighted by molar-refractivity contribution is 7.92. The lowest BCUT2D eigenvalue weighted by Crippen LogP contribution is -2.16. The number of nitrogens with one attached hydrogen (secondary N) is 1. The fourth-order valence-electron chi connectivity index (χ4n) is 2.20. The summed E-state index contributed by atoms with van der Waals surface area (Å²) in [6.45, 7) is 4.16. The van der Waals surface area contributed by atoms with E-state index in [-0.39, 0.29) is 0 Å². The second-order valence-corrected chi connectivity index (χ2v) is 7.00.